The number of hydrogen-bond donors (Lipinski definition) is 2. The monoisotopic (exact) mass is 258 g/mol. The second kappa shape index (κ2) is 12.6. The van der Waals surface area contributed by atoms with Gasteiger partial charge in [-0.05, 0) is 31.2 Å². The maximum Gasteiger partial charge on any atom is 0.00676 e. The molecule has 0 aliphatic rings. The summed E-state index contributed by atoms with van der Waals surface area (Å²) in [5.41, 5.74) is 11.6. The molecule has 0 bridgehead atoms. The summed E-state index contributed by atoms with van der Waals surface area (Å²) in [4.78, 5) is 0. The van der Waals surface area contributed by atoms with Gasteiger partial charge in [0.1, 0.15) is 0 Å². The topological polar surface area (TPSA) is 52.0 Å². The molecular formula is C11H28Cl2N2. The standard InChI is InChI=1S/C11H26N2.2ClH/c1-4-10(5-2)9(3)11(13)7-6-8-12;;/h9-11H,4-8,12-13H2,1-3H3;2*1H. The summed E-state index contributed by atoms with van der Waals surface area (Å²) in [6.07, 6.45) is 4.63. The van der Waals surface area contributed by atoms with Crippen molar-refractivity contribution in [3.8, 4) is 0 Å². The van der Waals surface area contributed by atoms with Crippen molar-refractivity contribution >= 4 is 24.8 Å². The summed E-state index contributed by atoms with van der Waals surface area (Å²) < 4.78 is 0. The van der Waals surface area contributed by atoms with Crippen molar-refractivity contribution in [1.29, 1.82) is 0 Å². The summed E-state index contributed by atoms with van der Waals surface area (Å²) in [6, 6.07) is 0.341. The third-order valence-electron chi connectivity index (χ3n) is 3.21. The molecule has 4 N–H and O–H groups in total. The van der Waals surface area contributed by atoms with Crippen molar-refractivity contribution in [2.45, 2.75) is 52.5 Å². The van der Waals surface area contributed by atoms with E-state index < -0.39 is 0 Å². The summed E-state index contributed by atoms with van der Waals surface area (Å²) in [6.45, 7) is 7.54. The van der Waals surface area contributed by atoms with E-state index in [2.05, 4.69) is 20.8 Å². The van der Waals surface area contributed by atoms with Crippen molar-refractivity contribution in [2.24, 2.45) is 23.3 Å². The average Bonchev–Trinajstić information content (AvgIpc) is 2.15. The van der Waals surface area contributed by atoms with Gasteiger partial charge in [0.2, 0.25) is 0 Å². The molecule has 0 aromatic carbocycles. The van der Waals surface area contributed by atoms with Crippen LogP contribution in [0.25, 0.3) is 0 Å². The van der Waals surface area contributed by atoms with Gasteiger partial charge in [0, 0.05) is 6.04 Å². The molecule has 0 saturated heterocycles. The van der Waals surface area contributed by atoms with Crippen LogP contribution < -0.4 is 11.5 Å². The molecule has 0 radical (unpaired) electrons. The van der Waals surface area contributed by atoms with Crippen LogP contribution in [0.4, 0.5) is 0 Å². The molecule has 96 valence electrons. The van der Waals surface area contributed by atoms with Crippen LogP contribution in [0.2, 0.25) is 0 Å². The molecular weight excluding hydrogens is 231 g/mol. The zero-order valence-electron chi connectivity index (χ0n) is 10.2. The lowest BCUT2D eigenvalue weighted by molar-refractivity contribution is 0.276. The minimum Gasteiger partial charge on any atom is -0.330 e. The van der Waals surface area contributed by atoms with E-state index in [1.54, 1.807) is 0 Å². The lowest BCUT2D eigenvalue weighted by atomic mass is 9.83. The van der Waals surface area contributed by atoms with Crippen molar-refractivity contribution in [3.05, 3.63) is 0 Å². The van der Waals surface area contributed by atoms with E-state index in [0.29, 0.717) is 12.0 Å². The lowest BCUT2D eigenvalue weighted by Gasteiger charge is -2.27. The molecule has 0 amide bonds. The molecule has 0 aromatic heterocycles. The molecule has 0 fully saturated rings. The highest BCUT2D eigenvalue weighted by molar-refractivity contribution is 5.85. The smallest absolute Gasteiger partial charge is 0.00676 e. The predicted octanol–water partition coefficient (Wildman–Crippen LogP) is 2.97. The molecule has 0 aromatic rings. The minimum absolute atomic E-state index is 0. The van der Waals surface area contributed by atoms with Crippen LogP contribution in [0.15, 0.2) is 0 Å². The summed E-state index contributed by atoms with van der Waals surface area (Å²) >= 11 is 0. The Morgan fingerprint density at radius 1 is 1.07 bits per heavy atom. The highest BCUT2D eigenvalue weighted by Gasteiger charge is 2.19. The highest BCUT2D eigenvalue weighted by atomic mass is 35.5. The molecule has 2 atom stereocenters. The summed E-state index contributed by atoms with van der Waals surface area (Å²) in [5.74, 6) is 1.43. The maximum absolute atomic E-state index is 6.10. The Hall–Kier alpha value is 0.500. The van der Waals surface area contributed by atoms with E-state index in [1.807, 2.05) is 0 Å². The molecule has 0 heterocycles. The van der Waals surface area contributed by atoms with Crippen LogP contribution >= 0.6 is 24.8 Å². The predicted molar refractivity (Wildman–Crippen MR) is 74.0 cm³/mol. The first-order valence-electron chi connectivity index (χ1n) is 5.62. The van der Waals surface area contributed by atoms with Crippen LogP contribution in [0.1, 0.15) is 46.5 Å². The van der Waals surface area contributed by atoms with Crippen molar-refractivity contribution in [3.63, 3.8) is 0 Å². The Balaban J connectivity index is -0.000000720. The van der Waals surface area contributed by atoms with Gasteiger partial charge in [-0.25, -0.2) is 0 Å². The first-order chi connectivity index (χ1) is 6.17. The van der Waals surface area contributed by atoms with Gasteiger partial charge in [0.15, 0.2) is 0 Å². The first-order valence-corrected chi connectivity index (χ1v) is 5.62. The Bertz CT molecular complexity index is 119. The number of rotatable bonds is 7. The minimum atomic E-state index is 0. The first kappa shape index (κ1) is 20.9. The van der Waals surface area contributed by atoms with Gasteiger partial charge in [-0.15, -0.1) is 24.8 Å². The van der Waals surface area contributed by atoms with Gasteiger partial charge in [-0.2, -0.15) is 0 Å². The van der Waals surface area contributed by atoms with E-state index in [9.17, 15) is 0 Å². The number of hydrogen-bond acceptors (Lipinski definition) is 2. The molecule has 0 aliphatic carbocycles. The van der Waals surface area contributed by atoms with Crippen molar-refractivity contribution < 1.29 is 0 Å². The zero-order valence-corrected chi connectivity index (χ0v) is 11.9. The summed E-state index contributed by atoms with van der Waals surface area (Å²) in [5, 5.41) is 0. The van der Waals surface area contributed by atoms with Crippen LogP contribution in [0.3, 0.4) is 0 Å². The normalized spacial score (nSPS) is 14.0. The fraction of sp³-hybridized carbons (Fsp3) is 1.00. The van der Waals surface area contributed by atoms with Crippen LogP contribution in [-0.4, -0.2) is 12.6 Å². The van der Waals surface area contributed by atoms with E-state index in [1.165, 1.54) is 12.8 Å². The van der Waals surface area contributed by atoms with Gasteiger partial charge in [-0.1, -0.05) is 33.6 Å². The van der Waals surface area contributed by atoms with E-state index in [-0.39, 0.29) is 24.8 Å². The Morgan fingerprint density at radius 3 is 1.87 bits per heavy atom. The third-order valence-corrected chi connectivity index (χ3v) is 3.21. The molecule has 0 rings (SSSR count). The second-order valence-electron chi connectivity index (χ2n) is 4.03. The third kappa shape index (κ3) is 8.32. The largest absolute Gasteiger partial charge is 0.330 e. The van der Waals surface area contributed by atoms with E-state index in [0.717, 1.165) is 25.3 Å². The van der Waals surface area contributed by atoms with Crippen molar-refractivity contribution in [2.75, 3.05) is 6.54 Å². The van der Waals surface area contributed by atoms with Gasteiger partial charge >= 0.3 is 0 Å². The quantitative estimate of drug-likeness (QED) is 0.738. The Kier molecular flexibility index (Phi) is 17.5. The van der Waals surface area contributed by atoms with Crippen LogP contribution in [0.5, 0.6) is 0 Å². The summed E-state index contributed by atoms with van der Waals surface area (Å²) in [7, 11) is 0. The Labute approximate surface area is 107 Å². The molecule has 0 saturated carbocycles. The van der Waals surface area contributed by atoms with Gasteiger partial charge in [0.05, 0.1) is 0 Å². The van der Waals surface area contributed by atoms with Crippen molar-refractivity contribution in [1.82, 2.24) is 0 Å². The zero-order chi connectivity index (χ0) is 10.3. The second-order valence-corrected chi connectivity index (χ2v) is 4.03. The fourth-order valence-corrected chi connectivity index (χ4v) is 2.00. The van der Waals surface area contributed by atoms with Gasteiger partial charge in [0.25, 0.3) is 0 Å². The molecule has 2 unspecified atom stereocenters. The highest BCUT2D eigenvalue weighted by Crippen LogP contribution is 2.23. The number of halogens is 2. The number of nitrogens with two attached hydrogens (primary N) is 2. The van der Waals surface area contributed by atoms with Gasteiger partial charge in [-0.3, -0.25) is 0 Å². The van der Waals surface area contributed by atoms with E-state index >= 15 is 0 Å². The average molecular weight is 259 g/mol. The molecule has 4 heteroatoms. The van der Waals surface area contributed by atoms with E-state index in [4.69, 9.17) is 11.5 Å². The molecule has 0 aliphatic heterocycles. The molecule has 15 heavy (non-hydrogen) atoms. The fourth-order valence-electron chi connectivity index (χ4n) is 2.00. The van der Waals surface area contributed by atoms with Crippen LogP contribution in [-0.2, 0) is 0 Å². The van der Waals surface area contributed by atoms with Crippen LogP contribution in [0, 0.1) is 11.8 Å². The molecule has 0 spiro atoms. The Morgan fingerprint density at radius 2 is 1.53 bits per heavy atom. The SMILES string of the molecule is CCC(CC)C(C)C(N)CCCN.Cl.Cl. The molecule has 2 nitrogen and oxygen atoms in total. The lowest BCUT2D eigenvalue weighted by Crippen LogP contribution is -2.33. The maximum atomic E-state index is 6.10. The van der Waals surface area contributed by atoms with Gasteiger partial charge < -0.3 is 11.5 Å².